The first-order chi connectivity index (χ1) is 11.4. The van der Waals surface area contributed by atoms with Crippen molar-refractivity contribution in [2.75, 3.05) is 0 Å². The van der Waals surface area contributed by atoms with Gasteiger partial charge in [0.15, 0.2) is 6.10 Å². The smallest absolute Gasteiger partial charge is 0.279 e. The Bertz CT molecular complexity index is 747. The lowest BCUT2D eigenvalue weighted by molar-refractivity contribution is -0.128. The van der Waals surface area contributed by atoms with E-state index in [9.17, 15) is 9.59 Å². The molecule has 0 radical (unpaired) electrons. The Morgan fingerprint density at radius 3 is 2.58 bits per heavy atom. The van der Waals surface area contributed by atoms with E-state index in [1.807, 2.05) is 26.0 Å². The van der Waals surface area contributed by atoms with E-state index >= 15 is 0 Å². The molecule has 2 N–H and O–H groups in total. The van der Waals surface area contributed by atoms with Gasteiger partial charge in [-0.05, 0) is 50.1 Å². The number of halogens is 1. The van der Waals surface area contributed by atoms with Crippen LogP contribution in [0.2, 0.25) is 5.15 Å². The van der Waals surface area contributed by atoms with Gasteiger partial charge >= 0.3 is 0 Å². The molecule has 1 aromatic carbocycles. The SMILES string of the molecule is Cc1cccc(OC(C)C(=O)NNC(=O)c2ccc(Cl)nc2)c1C. The highest BCUT2D eigenvalue weighted by atomic mass is 35.5. The molecule has 1 aromatic heterocycles. The van der Waals surface area contributed by atoms with Crippen molar-refractivity contribution >= 4 is 23.4 Å². The largest absolute Gasteiger partial charge is 0.481 e. The minimum atomic E-state index is -0.769. The van der Waals surface area contributed by atoms with Crippen molar-refractivity contribution in [2.45, 2.75) is 26.9 Å². The maximum atomic E-state index is 12.0. The normalized spacial score (nSPS) is 11.5. The Morgan fingerprint density at radius 1 is 1.17 bits per heavy atom. The van der Waals surface area contributed by atoms with Gasteiger partial charge in [-0.15, -0.1) is 0 Å². The van der Waals surface area contributed by atoms with Gasteiger partial charge in [0.05, 0.1) is 5.56 Å². The average molecular weight is 348 g/mol. The predicted octanol–water partition coefficient (Wildman–Crippen LogP) is 2.58. The summed E-state index contributed by atoms with van der Waals surface area (Å²) in [4.78, 5) is 27.7. The number of benzene rings is 1. The van der Waals surface area contributed by atoms with Crippen molar-refractivity contribution in [2.24, 2.45) is 0 Å². The third-order valence-electron chi connectivity index (χ3n) is 3.52. The van der Waals surface area contributed by atoms with Crippen LogP contribution < -0.4 is 15.6 Å². The highest BCUT2D eigenvalue weighted by molar-refractivity contribution is 6.29. The molecule has 0 aliphatic heterocycles. The third-order valence-corrected chi connectivity index (χ3v) is 3.74. The van der Waals surface area contributed by atoms with E-state index in [4.69, 9.17) is 16.3 Å². The lowest BCUT2D eigenvalue weighted by atomic mass is 10.1. The second kappa shape index (κ2) is 7.79. The van der Waals surface area contributed by atoms with Crippen LogP contribution in [0.25, 0.3) is 0 Å². The Labute approximate surface area is 145 Å². The van der Waals surface area contributed by atoms with E-state index in [0.717, 1.165) is 11.1 Å². The number of aromatic nitrogens is 1. The van der Waals surface area contributed by atoms with Crippen molar-refractivity contribution < 1.29 is 14.3 Å². The van der Waals surface area contributed by atoms with Crippen molar-refractivity contribution in [3.8, 4) is 5.75 Å². The zero-order chi connectivity index (χ0) is 17.7. The molecule has 0 saturated carbocycles. The van der Waals surface area contributed by atoms with Crippen molar-refractivity contribution in [3.05, 3.63) is 58.4 Å². The average Bonchev–Trinajstić information content (AvgIpc) is 2.57. The van der Waals surface area contributed by atoms with Gasteiger partial charge in [-0.2, -0.15) is 0 Å². The fourth-order valence-corrected chi connectivity index (χ4v) is 2.01. The van der Waals surface area contributed by atoms with Crippen LogP contribution in [0.4, 0.5) is 0 Å². The second-order valence-electron chi connectivity index (χ2n) is 5.27. The number of hydrogen-bond acceptors (Lipinski definition) is 4. The molecule has 1 atom stereocenters. The van der Waals surface area contributed by atoms with Crippen LogP contribution in [-0.4, -0.2) is 22.9 Å². The third kappa shape index (κ3) is 4.45. The first-order valence-corrected chi connectivity index (χ1v) is 7.71. The van der Waals surface area contributed by atoms with Crippen LogP contribution in [0.3, 0.4) is 0 Å². The molecule has 2 amide bonds. The van der Waals surface area contributed by atoms with Crippen molar-refractivity contribution in [3.63, 3.8) is 0 Å². The molecule has 0 spiro atoms. The molecule has 2 rings (SSSR count). The molecule has 24 heavy (non-hydrogen) atoms. The monoisotopic (exact) mass is 347 g/mol. The number of nitrogens with zero attached hydrogens (tertiary/aromatic N) is 1. The molecule has 7 heteroatoms. The Morgan fingerprint density at radius 2 is 1.92 bits per heavy atom. The van der Waals surface area contributed by atoms with Gasteiger partial charge in [0, 0.05) is 6.20 Å². The fourth-order valence-electron chi connectivity index (χ4n) is 1.90. The molecule has 1 heterocycles. The topological polar surface area (TPSA) is 80.3 Å². The summed E-state index contributed by atoms with van der Waals surface area (Å²) < 4.78 is 5.65. The summed E-state index contributed by atoms with van der Waals surface area (Å²) in [6, 6.07) is 8.62. The summed E-state index contributed by atoms with van der Waals surface area (Å²) in [5.41, 5.74) is 6.95. The minimum absolute atomic E-state index is 0.280. The Kier molecular flexibility index (Phi) is 5.76. The summed E-state index contributed by atoms with van der Waals surface area (Å²) in [6.45, 7) is 5.49. The predicted molar refractivity (Wildman–Crippen MR) is 90.9 cm³/mol. The molecule has 2 aromatic rings. The number of amides is 2. The van der Waals surface area contributed by atoms with Crippen LogP contribution in [-0.2, 0) is 4.79 Å². The number of carbonyl (C=O) groups excluding carboxylic acids is 2. The molecule has 6 nitrogen and oxygen atoms in total. The van der Waals surface area contributed by atoms with E-state index in [1.54, 1.807) is 13.0 Å². The highest BCUT2D eigenvalue weighted by Gasteiger charge is 2.17. The first-order valence-electron chi connectivity index (χ1n) is 7.33. The number of nitrogens with one attached hydrogen (secondary N) is 2. The van der Waals surface area contributed by atoms with E-state index in [2.05, 4.69) is 15.8 Å². The number of carbonyl (C=O) groups is 2. The number of hydrazine groups is 1. The summed E-state index contributed by atoms with van der Waals surface area (Å²) >= 11 is 5.66. The van der Waals surface area contributed by atoms with Gasteiger partial charge < -0.3 is 4.74 Å². The number of ether oxygens (including phenoxy) is 1. The lowest BCUT2D eigenvalue weighted by Gasteiger charge is -2.17. The number of aryl methyl sites for hydroxylation is 1. The van der Waals surface area contributed by atoms with Gasteiger partial charge in [-0.25, -0.2) is 4.98 Å². The maximum absolute atomic E-state index is 12.0. The summed E-state index contributed by atoms with van der Waals surface area (Å²) in [7, 11) is 0. The molecule has 0 bridgehead atoms. The van der Waals surface area contributed by atoms with E-state index in [0.29, 0.717) is 5.75 Å². The number of rotatable bonds is 4. The van der Waals surface area contributed by atoms with Crippen LogP contribution in [0.5, 0.6) is 5.75 Å². The molecule has 0 fully saturated rings. The van der Waals surface area contributed by atoms with Crippen LogP contribution in [0, 0.1) is 13.8 Å². The minimum Gasteiger partial charge on any atom is -0.481 e. The number of pyridine rings is 1. The van der Waals surface area contributed by atoms with E-state index in [1.165, 1.54) is 18.3 Å². The lowest BCUT2D eigenvalue weighted by Crippen LogP contribution is -2.47. The fraction of sp³-hybridized carbons (Fsp3) is 0.235. The Hall–Kier alpha value is -2.60. The Balaban J connectivity index is 1.91. The molecular weight excluding hydrogens is 330 g/mol. The second-order valence-corrected chi connectivity index (χ2v) is 5.66. The zero-order valence-corrected chi connectivity index (χ0v) is 14.3. The van der Waals surface area contributed by atoms with Gasteiger partial charge in [-0.3, -0.25) is 20.4 Å². The molecule has 0 aliphatic rings. The first kappa shape index (κ1) is 17.7. The zero-order valence-electron chi connectivity index (χ0n) is 13.6. The van der Waals surface area contributed by atoms with E-state index < -0.39 is 17.9 Å². The van der Waals surface area contributed by atoms with Crippen LogP contribution >= 0.6 is 11.6 Å². The quantitative estimate of drug-likeness (QED) is 0.658. The number of hydrogen-bond donors (Lipinski definition) is 2. The van der Waals surface area contributed by atoms with Gasteiger partial charge in [0.1, 0.15) is 10.9 Å². The molecule has 0 saturated heterocycles. The van der Waals surface area contributed by atoms with Gasteiger partial charge in [0.25, 0.3) is 11.8 Å². The standard InChI is InChI=1S/C17H18ClN3O3/c1-10-5-4-6-14(11(10)2)24-12(3)16(22)20-21-17(23)13-7-8-15(18)19-9-13/h4-9,12H,1-3H3,(H,20,22)(H,21,23). The van der Waals surface area contributed by atoms with Crippen LogP contribution in [0.15, 0.2) is 36.5 Å². The highest BCUT2D eigenvalue weighted by Crippen LogP contribution is 2.21. The van der Waals surface area contributed by atoms with Crippen molar-refractivity contribution in [1.82, 2.24) is 15.8 Å². The molecule has 126 valence electrons. The molecular formula is C17H18ClN3O3. The van der Waals surface area contributed by atoms with Crippen LogP contribution in [0.1, 0.15) is 28.4 Å². The summed E-state index contributed by atoms with van der Waals surface area (Å²) in [5.74, 6) is -0.330. The molecule has 0 aliphatic carbocycles. The van der Waals surface area contributed by atoms with Gasteiger partial charge in [-0.1, -0.05) is 23.7 Å². The molecule has 1 unspecified atom stereocenters. The van der Waals surface area contributed by atoms with Gasteiger partial charge in [0.2, 0.25) is 0 Å². The van der Waals surface area contributed by atoms with E-state index in [-0.39, 0.29) is 10.7 Å². The van der Waals surface area contributed by atoms with Crippen molar-refractivity contribution in [1.29, 1.82) is 0 Å². The maximum Gasteiger partial charge on any atom is 0.279 e. The summed E-state index contributed by atoms with van der Waals surface area (Å²) in [6.07, 6.45) is 0.550. The summed E-state index contributed by atoms with van der Waals surface area (Å²) in [5, 5.41) is 0.283.